The molecule has 1 unspecified atom stereocenters. The molecule has 1 rings (SSSR count). The SMILES string of the molecule is CCC(c1ccccn1)S(=O)(=O)O.F[B-](F)(F)F. The second kappa shape index (κ2) is 6.69. The molecular weight excluding hydrogens is 277 g/mol. The lowest BCUT2D eigenvalue weighted by Gasteiger charge is -2.09. The van der Waals surface area contributed by atoms with Crippen molar-refractivity contribution < 1.29 is 30.2 Å². The van der Waals surface area contributed by atoms with Crippen LogP contribution in [0.4, 0.5) is 17.3 Å². The molecule has 0 saturated carbocycles. The van der Waals surface area contributed by atoms with Gasteiger partial charge in [0.25, 0.3) is 10.1 Å². The molecule has 1 heterocycles. The average Bonchev–Trinajstić information content (AvgIpc) is 2.15. The van der Waals surface area contributed by atoms with E-state index in [-0.39, 0.29) is 0 Å². The van der Waals surface area contributed by atoms with E-state index in [4.69, 9.17) is 4.55 Å². The van der Waals surface area contributed by atoms with E-state index in [0.29, 0.717) is 12.1 Å². The molecule has 0 aromatic carbocycles. The monoisotopic (exact) mass is 288 g/mol. The number of nitrogens with zero attached hydrogens (tertiary/aromatic N) is 1. The van der Waals surface area contributed by atoms with Crippen molar-refractivity contribution in [1.29, 1.82) is 0 Å². The molecule has 0 aliphatic heterocycles. The summed E-state index contributed by atoms with van der Waals surface area (Å²) in [6, 6.07) is 4.97. The standard InChI is InChI=1S/C8H11NO3S.BF4/c1-2-8(13(10,11)12)7-5-3-4-6-9-7;2-1(3,4)5/h3-6,8H,2H2,1H3,(H,10,11,12);/q;-1. The Labute approximate surface area is 102 Å². The van der Waals surface area contributed by atoms with Gasteiger partial charge in [-0.2, -0.15) is 8.42 Å². The summed E-state index contributed by atoms with van der Waals surface area (Å²) in [5.74, 6) is 0. The minimum Gasteiger partial charge on any atom is -0.418 e. The average molecular weight is 288 g/mol. The number of hydrogen-bond acceptors (Lipinski definition) is 3. The van der Waals surface area contributed by atoms with Gasteiger partial charge in [0, 0.05) is 6.20 Å². The topological polar surface area (TPSA) is 67.3 Å². The van der Waals surface area contributed by atoms with Gasteiger partial charge in [-0.15, -0.1) is 0 Å². The fourth-order valence-electron chi connectivity index (χ4n) is 1.14. The highest BCUT2D eigenvalue weighted by molar-refractivity contribution is 7.86. The molecule has 0 aliphatic rings. The molecule has 1 N–H and O–H groups in total. The van der Waals surface area contributed by atoms with Crippen LogP contribution >= 0.6 is 0 Å². The van der Waals surface area contributed by atoms with Gasteiger partial charge in [0.2, 0.25) is 0 Å². The van der Waals surface area contributed by atoms with E-state index in [1.54, 1.807) is 25.1 Å². The molecule has 1 aromatic heterocycles. The van der Waals surface area contributed by atoms with Gasteiger partial charge in [-0.05, 0) is 18.6 Å². The fourth-order valence-corrected chi connectivity index (χ4v) is 2.00. The van der Waals surface area contributed by atoms with Crippen molar-refractivity contribution in [1.82, 2.24) is 4.98 Å². The van der Waals surface area contributed by atoms with Crippen LogP contribution < -0.4 is 0 Å². The first-order chi connectivity index (χ1) is 8.05. The van der Waals surface area contributed by atoms with Crippen LogP contribution in [-0.2, 0) is 10.1 Å². The van der Waals surface area contributed by atoms with Crippen LogP contribution in [0.3, 0.4) is 0 Å². The lowest BCUT2D eigenvalue weighted by Crippen LogP contribution is -2.12. The summed E-state index contributed by atoms with van der Waals surface area (Å²) in [5.41, 5.74) is 0.382. The molecule has 0 bridgehead atoms. The summed E-state index contributed by atoms with van der Waals surface area (Å²) in [6.07, 6.45) is 1.82. The third-order valence-electron chi connectivity index (χ3n) is 1.75. The summed E-state index contributed by atoms with van der Waals surface area (Å²) in [6.45, 7) is 1.69. The summed E-state index contributed by atoms with van der Waals surface area (Å²) in [5, 5.41) is -0.909. The van der Waals surface area contributed by atoms with Crippen LogP contribution in [0.1, 0.15) is 24.3 Å². The van der Waals surface area contributed by atoms with E-state index in [9.17, 15) is 25.7 Å². The highest BCUT2D eigenvalue weighted by atomic mass is 32.2. The molecule has 4 nitrogen and oxygen atoms in total. The van der Waals surface area contributed by atoms with Gasteiger partial charge >= 0.3 is 7.25 Å². The number of pyridine rings is 1. The molecule has 1 atom stereocenters. The Bertz CT molecular complexity index is 445. The Balaban J connectivity index is 0.000000494. The lowest BCUT2D eigenvalue weighted by molar-refractivity contribution is 0.368. The summed E-state index contributed by atoms with van der Waals surface area (Å²) < 4.78 is 69.6. The van der Waals surface area contributed by atoms with Crippen LogP contribution in [0.25, 0.3) is 0 Å². The zero-order valence-electron chi connectivity index (χ0n) is 9.30. The zero-order valence-corrected chi connectivity index (χ0v) is 10.1. The maximum Gasteiger partial charge on any atom is 0.673 e. The second-order valence-electron chi connectivity index (χ2n) is 3.16. The van der Waals surface area contributed by atoms with Gasteiger partial charge in [-0.25, -0.2) is 0 Å². The first-order valence-electron chi connectivity index (χ1n) is 4.80. The summed E-state index contributed by atoms with van der Waals surface area (Å²) in [7, 11) is -10.0. The van der Waals surface area contributed by atoms with Crippen molar-refractivity contribution in [2.45, 2.75) is 18.6 Å². The minimum atomic E-state index is -6.00. The van der Waals surface area contributed by atoms with Crippen LogP contribution in [0.5, 0.6) is 0 Å². The van der Waals surface area contributed by atoms with Crippen molar-refractivity contribution in [3.8, 4) is 0 Å². The third kappa shape index (κ3) is 8.01. The van der Waals surface area contributed by atoms with Gasteiger partial charge < -0.3 is 17.3 Å². The Kier molecular flexibility index (Phi) is 6.26. The van der Waals surface area contributed by atoms with Crippen LogP contribution in [0, 0.1) is 0 Å². The zero-order chi connectivity index (χ0) is 14.4. The first kappa shape index (κ1) is 16.8. The van der Waals surface area contributed by atoms with Crippen LogP contribution in [-0.4, -0.2) is 25.2 Å². The smallest absolute Gasteiger partial charge is 0.418 e. The normalized spacial score (nSPS) is 13.4. The van der Waals surface area contributed by atoms with Crippen LogP contribution in [0.15, 0.2) is 24.4 Å². The number of hydrogen-bond donors (Lipinski definition) is 1. The Morgan fingerprint density at radius 3 is 2.11 bits per heavy atom. The molecule has 0 fully saturated rings. The van der Waals surface area contributed by atoms with E-state index >= 15 is 0 Å². The maximum absolute atomic E-state index is 10.9. The largest absolute Gasteiger partial charge is 0.673 e. The van der Waals surface area contributed by atoms with Crippen molar-refractivity contribution in [3.05, 3.63) is 30.1 Å². The molecule has 1 aromatic rings. The molecule has 18 heavy (non-hydrogen) atoms. The molecule has 0 amide bonds. The first-order valence-corrected chi connectivity index (χ1v) is 6.30. The van der Waals surface area contributed by atoms with Crippen molar-refractivity contribution in [3.63, 3.8) is 0 Å². The third-order valence-corrected chi connectivity index (χ3v) is 3.04. The molecule has 0 saturated heterocycles. The van der Waals surface area contributed by atoms with Crippen molar-refractivity contribution in [2.24, 2.45) is 0 Å². The minimum absolute atomic E-state index is 0.315. The van der Waals surface area contributed by atoms with Crippen molar-refractivity contribution in [2.75, 3.05) is 0 Å². The number of rotatable bonds is 3. The van der Waals surface area contributed by atoms with E-state index in [2.05, 4.69) is 4.98 Å². The van der Waals surface area contributed by atoms with Gasteiger partial charge in [-0.3, -0.25) is 9.54 Å². The summed E-state index contributed by atoms with van der Waals surface area (Å²) >= 11 is 0. The van der Waals surface area contributed by atoms with Crippen molar-refractivity contribution >= 4 is 17.4 Å². The molecule has 0 aliphatic carbocycles. The van der Waals surface area contributed by atoms with E-state index in [0.717, 1.165) is 0 Å². The van der Waals surface area contributed by atoms with Gasteiger partial charge in [0.05, 0.1) is 5.69 Å². The predicted molar refractivity (Wildman–Crippen MR) is 59.0 cm³/mol. The highest BCUT2D eigenvalue weighted by Crippen LogP contribution is 2.22. The Morgan fingerprint density at radius 2 is 1.83 bits per heavy atom. The molecular formula is C8H11BF4NO3S-. The maximum atomic E-state index is 10.9. The van der Waals surface area contributed by atoms with E-state index in [1.165, 1.54) is 6.20 Å². The van der Waals surface area contributed by atoms with Crippen LogP contribution in [0.2, 0.25) is 0 Å². The molecule has 0 radical (unpaired) electrons. The molecule has 104 valence electrons. The Morgan fingerprint density at radius 1 is 1.33 bits per heavy atom. The van der Waals surface area contributed by atoms with Gasteiger partial charge in [0.15, 0.2) is 0 Å². The quantitative estimate of drug-likeness (QED) is 0.527. The number of halogens is 4. The Hall–Kier alpha value is -1.16. The fraction of sp³-hybridized carbons (Fsp3) is 0.375. The van der Waals surface area contributed by atoms with E-state index in [1.807, 2.05) is 0 Å². The number of aromatic nitrogens is 1. The molecule has 0 spiro atoms. The molecule has 10 heteroatoms. The van der Waals surface area contributed by atoms with Gasteiger partial charge in [0.1, 0.15) is 5.25 Å². The summed E-state index contributed by atoms with van der Waals surface area (Å²) in [4.78, 5) is 3.88. The second-order valence-corrected chi connectivity index (χ2v) is 4.76. The lowest BCUT2D eigenvalue weighted by atomic mass is 10.2. The highest BCUT2D eigenvalue weighted by Gasteiger charge is 2.23. The predicted octanol–water partition coefficient (Wildman–Crippen LogP) is 2.72. The van der Waals surface area contributed by atoms with E-state index < -0.39 is 22.6 Å². The van der Waals surface area contributed by atoms with Gasteiger partial charge in [-0.1, -0.05) is 13.0 Å².